The molecule has 10 heteroatoms. The van der Waals surface area contributed by atoms with Crippen molar-refractivity contribution in [1.29, 1.82) is 0 Å². The van der Waals surface area contributed by atoms with E-state index < -0.39 is 17.6 Å². The number of amides is 1. The Balaban J connectivity index is 1.66. The van der Waals surface area contributed by atoms with Crippen LogP contribution in [0.2, 0.25) is 0 Å². The highest BCUT2D eigenvalue weighted by molar-refractivity contribution is 6.04. The molecule has 30 heavy (non-hydrogen) atoms. The first-order chi connectivity index (χ1) is 14.2. The van der Waals surface area contributed by atoms with Gasteiger partial charge in [-0.05, 0) is 30.2 Å². The predicted molar refractivity (Wildman–Crippen MR) is 104 cm³/mol. The number of para-hydroxylation sites is 2. The molecule has 0 atom stereocenters. The summed E-state index contributed by atoms with van der Waals surface area (Å²) in [4.78, 5) is 24.1. The number of nitrogens with zero attached hydrogens (tertiary/aromatic N) is 4. The molecule has 1 amide bonds. The van der Waals surface area contributed by atoms with Gasteiger partial charge in [-0.2, -0.15) is 18.3 Å². The van der Waals surface area contributed by atoms with Gasteiger partial charge < -0.3 is 4.98 Å². The minimum absolute atomic E-state index is 0.145. The molecule has 0 saturated carbocycles. The summed E-state index contributed by atoms with van der Waals surface area (Å²) in [6.45, 7) is 3.71. The van der Waals surface area contributed by atoms with Gasteiger partial charge in [0.15, 0.2) is 5.82 Å². The van der Waals surface area contributed by atoms with E-state index in [2.05, 4.69) is 25.4 Å². The molecule has 0 saturated heterocycles. The maximum atomic E-state index is 12.9. The fraction of sp³-hybridized carbons (Fsp3) is 0.200. The van der Waals surface area contributed by atoms with E-state index in [1.807, 2.05) is 38.1 Å². The summed E-state index contributed by atoms with van der Waals surface area (Å²) in [6, 6.07) is 9.50. The molecular formula is C20H17F3N6O. The summed E-state index contributed by atoms with van der Waals surface area (Å²) in [5.41, 5.74) is 1.44. The van der Waals surface area contributed by atoms with E-state index in [4.69, 9.17) is 0 Å². The number of hydrogen-bond acceptors (Lipinski definition) is 4. The Hall–Kier alpha value is -3.69. The molecule has 3 aromatic heterocycles. The first kappa shape index (κ1) is 19.6. The molecule has 0 bridgehead atoms. The first-order valence-corrected chi connectivity index (χ1v) is 9.11. The molecule has 7 nitrogen and oxygen atoms in total. The molecule has 2 N–H and O–H groups in total. The van der Waals surface area contributed by atoms with Crippen molar-refractivity contribution in [3.8, 4) is 5.82 Å². The lowest BCUT2D eigenvalue weighted by atomic mass is 10.1. The number of aromatic amines is 1. The highest BCUT2D eigenvalue weighted by atomic mass is 19.4. The highest BCUT2D eigenvalue weighted by Crippen LogP contribution is 2.29. The van der Waals surface area contributed by atoms with Crippen LogP contribution in [0.4, 0.5) is 19.1 Å². The number of anilines is 1. The quantitative estimate of drug-likeness (QED) is 0.513. The highest BCUT2D eigenvalue weighted by Gasteiger charge is 2.31. The fourth-order valence-corrected chi connectivity index (χ4v) is 3.14. The van der Waals surface area contributed by atoms with E-state index in [-0.39, 0.29) is 23.2 Å². The predicted octanol–water partition coefficient (Wildman–Crippen LogP) is 4.54. The molecule has 0 aliphatic carbocycles. The minimum Gasteiger partial charge on any atom is -0.324 e. The van der Waals surface area contributed by atoms with Gasteiger partial charge in [0.05, 0.1) is 34.1 Å². The Kier molecular flexibility index (Phi) is 4.76. The normalized spacial score (nSPS) is 11.9. The second-order valence-corrected chi connectivity index (χ2v) is 6.97. The number of H-pyrrole nitrogens is 1. The average Bonchev–Trinajstić information content (AvgIpc) is 3.31. The molecule has 4 rings (SSSR count). The lowest BCUT2D eigenvalue weighted by molar-refractivity contribution is -0.137. The number of imidazole rings is 1. The SMILES string of the molecule is CC(C)c1c(C(=O)Nc2nc3ccccc3[nH]2)cnn1-c1ccc(C(F)(F)F)cn1. The number of aromatic nitrogens is 5. The third kappa shape index (κ3) is 3.63. The van der Waals surface area contributed by atoms with Gasteiger partial charge in [-0.25, -0.2) is 14.6 Å². The monoisotopic (exact) mass is 414 g/mol. The molecule has 4 aromatic rings. The van der Waals surface area contributed by atoms with Crippen molar-refractivity contribution in [3.63, 3.8) is 0 Å². The second-order valence-electron chi connectivity index (χ2n) is 6.97. The lowest BCUT2D eigenvalue weighted by Gasteiger charge is -2.13. The van der Waals surface area contributed by atoms with E-state index in [0.717, 1.165) is 17.8 Å². The van der Waals surface area contributed by atoms with E-state index in [1.54, 1.807) is 0 Å². The Bertz CT molecular complexity index is 1170. The molecule has 0 unspecified atom stereocenters. The van der Waals surface area contributed by atoms with Crippen LogP contribution in [0.15, 0.2) is 48.8 Å². The van der Waals surface area contributed by atoms with Crippen LogP contribution < -0.4 is 5.32 Å². The van der Waals surface area contributed by atoms with Crippen LogP contribution >= 0.6 is 0 Å². The molecule has 0 spiro atoms. The van der Waals surface area contributed by atoms with Crippen LogP contribution in [0.3, 0.4) is 0 Å². The van der Waals surface area contributed by atoms with Gasteiger partial charge in [0, 0.05) is 6.20 Å². The van der Waals surface area contributed by atoms with Gasteiger partial charge in [-0.15, -0.1) is 0 Å². The van der Waals surface area contributed by atoms with Crippen molar-refractivity contribution in [1.82, 2.24) is 24.7 Å². The Morgan fingerprint density at radius 1 is 1.13 bits per heavy atom. The van der Waals surface area contributed by atoms with Gasteiger partial charge in [-0.1, -0.05) is 26.0 Å². The number of rotatable bonds is 4. The van der Waals surface area contributed by atoms with Gasteiger partial charge in [-0.3, -0.25) is 10.1 Å². The first-order valence-electron chi connectivity index (χ1n) is 9.11. The van der Waals surface area contributed by atoms with Gasteiger partial charge >= 0.3 is 6.18 Å². The molecule has 3 heterocycles. The number of nitrogens with one attached hydrogen (secondary N) is 2. The van der Waals surface area contributed by atoms with Crippen LogP contribution in [-0.4, -0.2) is 30.6 Å². The minimum atomic E-state index is -4.48. The van der Waals surface area contributed by atoms with Crippen molar-refractivity contribution in [2.75, 3.05) is 5.32 Å². The molecular weight excluding hydrogens is 397 g/mol. The lowest BCUT2D eigenvalue weighted by Crippen LogP contribution is -2.16. The topological polar surface area (TPSA) is 88.5 Å². The zero-order valence-electron chi connectivity index (χ0n) is 16.0. The Labute approximate surface area is 169 Å². The summed E-state index contributed by atoms with van der Waals surface area (Å²) < 4.78 is 39.8. The number of pyridine rings is 1. The summed E-state index contributed by atoms with van der Waals surface area (Å²) in [7, 11) is 0. The van der Waals surface area contributed by atoms with Crippen LogP contribution in [0.1, 0.15) is 41.4 Å². The van der Waals surface area contributed by atoms with Crippen LogP contribution in [0.25, 0.3) is 16.9 Å². The number of carbonyl (C=O) groups excluding carboxylic acids is 1. The second kappa shape index (κ2) is 7.29. The largest absolute Gasteiger partial charge is 0.417 e. The zero-order valence-corrected chi connectivity index (χ0v) is 16.0. The van der Waals surface area contributed by atoms with Gasteiger partial charge in [0.2, 0.25) is 5.95 Å². The summed E-state index contributed by atoms with van der Waals surface area (Å²) in [5, 5.41) is 6.90. The van der Waals surface area contributed by atoms with Crippen molar-refractivity contribution >= 4 is 22.9 Å². The molecule has 1 aromatic carbocycles. The fourth-order valence-electron chi connectivity index (χ4n) is 3.14. The van der Waals surface area contributed by atoms with Crippen molar-refractivity contribution in [2.24, 2.45) is 0 Å². The van der Waals surface area contributed by atoms with Crippen molar-refractivity contribution < 1.29 is 18.0 Å². The third-order valence-corrected chi connectivity index (χ3v) is 4.51. The Morgan fingerprint density at radius 2 is 1.90 bits per heavy atom. The summed E-state index contributed by atoms with van der Waals surface area (Å²) >= 11 is 0. The number of benzene rings is 1. The van der Waals surface area contributed by atoms with Gasteiger partial charge in [0.25, 0.3) is 5.91 Å². The maximum Gasteiger partial charge on any atom is 0.417 e. The molecule has 0 radical (unpaired) electrons. The number of carbonyl (C=O) groups is 1. The number of alkyl halides is 3. The summed E-state index contributed by atoms with van der Waals surface area (Å²) in [6.07, 6.45) is -2.36. The average molecular weight is 414 g/mol. The summed E-state index contributed by atoms with van der Waals surface area (Å²) in [5.74, 6) is -0.102. The van der Waals surface area contributed by atoms with Gasteiger partial charge in [0.1, 0.15) is 0 Å². The zero-order chi connectivity index (χ0) is 21.5. The van der Waals surface area contributed by atoms with E-state index in [9.17, 15) is 18.0 Å². The van der Waals surface area contributed by atoms with E-state index in [1.165, 1.54) is 16.9 Å². The number of halogens is 3. The van der Waals surface area contributed by atoms with Crippen LogP contribution in [0, 0.1) is 0 Å². The molecule has 0 aliphatic heterocycles. The molecule has 0 aliphatic rings. The van der Waals surface area contributed by atoms with Crippen LogP contribution in [-0.2, 0) is 6.18 Å². The smallest absolute Gasteiger partial charge is 0.324 e. The van der Waals surface area contributed by atoms with Crippen LogP contribution in [0.5, 0.6) is 0 Å². The van der Waals surface area contributed by atoms with Crippen molar-refractivity contribution in [2.45, 2.75) is 25.9 Å². The van der Waals surface area contributed by atoms with E-state index >= 15 is 0 Å². The molecule has 154 valence electrons. The molecule has 0 fully saturated rings. The number of fused-ring (bicyclic) bond motifs is 1. The maximum absolute atomic E-state index is 12.9. The third-order valence-electron chi connectivity index (χ3n) is 4.51. The van der Waals surface area contributed by atoms with E-state index in [0.29, 0.717) is 11.2 Å². The van der Waals surface area contributed by atoms with Crippen molar-refractivity contribution in [3.05, 3.63) is 65.6 Å². The Morgan fingerprint density at radius 3 is 2.53 bits per heavy atom. The standard InChI is InChI=1S/C20H17F3N6O/c1-11(2)17-13(18(30)28-19-26-14-5-3-4-6-15(14)27-19)10-25-29(17)16-8-7-12(9-24-16)20(21,22)23/h3-11H,1-2H3,(H2,26,27,28,30). The number of hydrogen-bond donors (Lipinski definition) is 2.